The fourth-order valence-corrected chi connectivity index (χ4v) is 6.39. The number of fused-ring (bicyclic) bond motifs is 3. The molecule has 7 heteroatoms. The van der Waals surface area contributed by atoms with E-state index in [9.17, 15) is 4.79 Å². The summed E-state index contributed by atoms with van der Waals surface area (Å²) >= 11 is 1.41. The molecule has 0 radical (unpaired) electrons. The number of nitrogens with zero attached hydrogens (tertiary/aromatic N) is 2. The molecule has 0 spiro atoms. The maximum atomic E-state index is 14.0. The van der Waals surface area contributed by atoms with Crippen molar-refractivity contribution in [2.24, 2.45) is 4.99 Å². The molecule has 0 amide bonds. The van der Waals surface area contributed by atoms with Crippen LogP contribution in [-0.2, 0) is 6.42 Å². The van der Waals surface area contributed by atoms with Gasteiger partial charge in [-0.1, -0.05) is 59.9 Å². The smallest absolute Gasteiger partial charge is 0.271 e. The van der Waals surface area contributed by atoms with Gasteiger partial charge < -0.3 is 14.2 Å². The summed E-state index contributed by atoms with van der Waals surface area (Å²) in [4.78, 5) is 19.8. The summed E-state index contributed by atoms with van der Waals surface area (Å²) in [5.74, 6) is 2.07. The van der Waals surface area contributed by atoms with Crippen molar-refractivity contribution < 1.29 is 14.2 Å². The molecular weight excluding hydrogens is 496 g/mol. The van der Waals surface area contributed by atoms with E-state index in [2.05, 4.69) is 30.3 Å². The van der Waals surface area contributed by atoms with Crippen molar-refractivity contribution in [3.05, 3.63) is 114 Å². The molecule has 1 aromatic heterocycles. The van der Waals surface area contributed by atoms with Crippen molar-refractivity contribution in [2.75, 3.05) is 20.8 Å². The first kappa shape index (κ1) is 24.2. The zero-order valence-electron chi connectivity index (χ0n) is 21.6. The van der Waals surface area contributed by atoms with Crippen molar-refractivity contribution in [3.8, 4) is 17.2 Å². The third kappa shape index (κ3) is 4.03. The standard InChI is InChI=1S/C31H28N2O4S/c1-4-37-26-17-19(13-16-25(26)36-3)18-27-30(34)33-29(22-11-7-8-12-24(22)35-2)23-15-14-20-9-5-6-10-21(20)28(23)32-31(33)38-27/h5-13,16-18,29H,4,14-15H2,1-3H3/b27-18+/t29-/m1/s1. The molecule has 1 aliphatic carbocycles. The number of para-hydroxylation sites is 1. The fraction of sp³-hybridized carbons (Fsp3) is 0.226. The molecule has 1 aliphatic heterocycles. The maximum Gasteiger partial charge on any atom is 0.271 e. The van der Waals surface area contributed by atoms with E-state index in [1.165, 1.54) is 16.9 Å². The zero-order valence-corrected chi connectivity index (χ0v) is 22.4. The SMILES string of the molecule is CCOc1cc(/C=c2/sc3n(c2=O)[C@H](c2ccccc2OC)C2=C(N=3)c3ccccc3CC2)ccc1OC. The molecule has 4 aromatic rings. The molecular formula is C31H28N2O4S. The number of thiazole rings is 1. The van der Waals surface area contributed by atoms with Gasteiger partial charge in [-0.25, -0.2) is 4.99 Å². The molecule has 38 heavy (non-hydrogen) atoms. The lowest BCUT2D eigenvalue weighted by atomic mass is 9.83. The first-order valence-electron chi connectivity index (χ1n) is 12.7. The molecule has 192 valence electrons. The topological polar surface area (TPSA) is 62.0 Å². The van der Waals surface area contributed by atoms with Gasteiger partial charge in [0.1, 0.15) is 5.75 Å². The molecule has 1 atom stereocenters. The van der Waals surface area contributed by atoms with Crippen molar-refractivity contribution in [1.82, 2.24) is 4.57 Å². The molecule has 0 saturated heterocycles. The summed E-state index contributed by atoms with van der Waals surface area (Å²) in [6, 6.07) is 21.8. The number of ether oxygens (including phenoxy) is 3. The second-order valence-corrected chi connectivity index (χ2v) is 10.2. The normalized spacial score (nSPS) is 16.3. The van der Waals surface area contributed by atoms with E-state index in [1.54, 1.807) is 14.2 Å². The number of aromatic nitrogens is 1. The summed E-state index contributed by atoms with van der Waals surface area (Å²) < 4.78 is 19.4. The van der Waals surface area contributed by atoms with Gasteiger partial charge in [-0.2, -0.15) is 0 Å². The van der Waals surface area contributed by atoms with E-state index in [4.69, 9.17) is 19.2 Å². The highest BCUT2D eigenvalue weighted by atomic mass is 32.1. The molecule has 0 saturated carbocycles. The summed E-state index contributed by atoms with van der Waals surface area (Å²) in [6.07, 6.45) is 3.65. The van der Waals surface area contributed by atoms with E-state index in [0.29, 0.717) is 27.4 Å². The summed E-state index contributed by atoms with van der Waals surface area (Å²) in [5.41, 5.74) is 6.31. The van der Waals surface area contributed by atoms with Crippen LogP contribution in [0.15, 0.2) is 82.1 Å². The number of allylic oxidation sites excluding steroid dienone is 1. The second-order valence-electron chi connectivity index (χ2n) is 9.20. The highest BCUT2D eigenvalue weighted by Gasteiger charge is 2.33. The fourth-order valence-electron chi connectivity index (χ4n) is 5.39. The molecule has 2 heterocycles. The highest BCUT2D eigenvalue weighted by molar-refractivity contribution is 7.07. The average molecular weight is 525 g/mol. The Morgan fingerprint density at radius 2 is 1.76 bits per heavy atom. The average Bonchev–Trinajstić information content (AvgIpc) is 3.26. The van der Waals surface area contributed by atoms with Crippen molar-refractivity contribution in [2.45, 2.75) is 25.8 Å². The summed E-state index contributed by atoms with van der Waals surface area (Å²) in [6.45, 7) is 2.45. The van der Waals surface area contributed by atoms with Crippen LogP contribution in [0.2, 0.25) is 0 Å². The van der Waals surface area contributed by atoms with Crippen LogP contribution in [0.3, 0.4) is 0 Å². The molecule has 2 aliphatic rings. The minimum atomic E-state index is -0.289. The van der Waals surface area contributed by atoms with Crippen molar-refractivity contribution in [1.29, 1.82) is 0 Å². The third-order valence-corrected chi connectivity index (χ3v) is 8.07. The summed E-state index contributed by atoms with van der Waals surface area (Å²) in [5, 5.41) is 0. The van der Waals surface area contributed by atoms with Gasteiger partial charge in [0.15, 0.2) is 16.3 Å². The predicted octanol–water partition coefficient (Wildman–Crippen LogP) is 4.73. The number of rotatable bonds is 6. The van der Waals surface area contributed by atoms with Gasteiger partial charge in [0, 0.05) is 11.1 Å². The Bertz CT molecular complexity index is 1750. The third-order valence-electron chi connectivity index (χ3n) is 7.09. The Kier molecular flexibility index (Phi) is 6.37. The van der Waals surface area contributed by atoms with E-state index < -0.39 is 0 Å². The second kappa shape index (κ2) is 9.99. The van der Waals surface area contributed by atoms with Crippen LogP contribution in [0.5, 0.6) is 17.2 Å². The molecule has 6 nitrogen and oxygen atoms in total. The molecule has 0 fully saturated rings. The first-order chi connectivity index (χ1) is 18.6. The first-order valence-corrected chi connectivity index (χ1v) is 13.5. The van der Waals surface area contributed by atoms with E-state index in [1.807, 2.05) is 54.0 Å². The van der Waals surface area contributed by atoms with E-state index in [0.717, 1.165) is 46.6 Å². The van der Waals surface area contributed by atoms with Gasteiger partial charge in [0.2, 0.25) is 0 Å². The lowest BCUT2D eigenvalue weighted by molar-refractivity contribution is 0.311. The molecule has 3 aromatic carbocycles. The lowest BCUT2D eigenvalue weighted by Gasteiger charge is -2.31. The minimum absolute atomic E-state index is 0.0659. The van der Waals surface area contributed by atoms with Gasteiger partial charge in [-0.15, -0.1) is 0 Å². The Morgan fingerprint density at radius 3 is 2.58 bits per heavy atom. The van der Waals surface area contributed by atoms with E-state index >= 15 is 0 Å². The number of benzene rings is 3. The Hall–Kier alpha value is -4.10. The van der Waals surface area contributed by atoms with Gasteiger partial charge in [-0.3, -0.25) is 9.36 Å². The molecule has 0 bridgehead atoms. The van der Waals surface area contributed by atoms with Crippen molar-refractivity contribution >= 4 is 23.1 Å². The molecule has 6 rings (SSSR count). The van der Waals surface area contributed by atoms with Crippen LogP contribution in [0.4, 0.5) is 0 Å². The molecule has 0 N–H and O–H groups in total. The van der Waals surface area contributed by atoms with Gasteiger partial charge in [0.25, 0.3) is 5.56 Å². The molecule has 0 unspecified atom stereocenters. The van der Waals surface area contributed by atoms with Crippen LogP contribution in [0, 0.1) is 0 Å². The maximum absolute atomic E-state index is 14.0. The van der Waals surface area contributed by atoms with E-state index in [-0.39, 0.29) is 11.6 Å². The Balaban J connectivity index is 1.59. The van der Waals surface area contributed by atoms with Gasteiger partial charge >= 0.3 is 0 Å². The van der Waals surface area contributed by atoms with Crippen molar-refractivity contribution in [3.63, 3.8) is 0 Å². The number of hydrogen-bond donors (Lipinski definition) is 0. The van der Waals surface area contributed by atoms with Crippen LogP contribution in [-0.4, -0.2) is 25.4 Å². The Labute approximate surface area is 224 Å². The van der Waals surface area contributed by atoms with Gasteiger partial charge in [-0.05, 0) is 60.7 Å². The minimum Gasteiger partial charge on any atom is -0.496 e. The predicted molar refractivity (Wildman–Crippen MR) is 150 cm³/mol. The summed E-state index contributed by atoms with van der Waals surface area (Å²) in [7, 11) is 3.29. The van der Waals surface area contributed by atoms with Crippen LogP contribution in [0.1, 0.15) is 41.6 Å². The highest BCUT2D eigenvalue weighted by Crippen LogP contribution is 2.43. The largest absolute Gasteiger partial charge is 0.496 e. The van der Waals surface area contributed by atoms with Crippen LogP contribution < -0.4 is 29.1 Å². The quantitative estimate of drug-likeness (QED) is 0.366. The lowest BCUT2D eigenvalue weighted by Crippen LogP contribution is -2.39. The number of hydrogen-bond acceptors (Lipinski definition) is 6. The Morgan fingerprint density at radius 1 is 0.974 bits per heavy atom. The van der Waals surface area contributed by atoms with Crippen LogP contribution >= 0.6 is 11.3 Å². The number of aryl methyl sites for hydroxylation is 1. The van der Waals surface area contributed by atoms with Gasteiger partial charge in [0.05, 0.1) is 37.1 Å². The number of methoxy groups -OCH3 is 2. The zero-order chi connectivity index (χ0) is 26.2. The monoisotopic (exact) mass is 524 g/mol. The van der Waals surface area contributed by atoms with Crippen LogP contribution in [0.25, 0.3) is 11.8 Å².